The van der Waals surface area contributed by atoms with E-state index in [9.17, 15) is 19.7 Å². The lowest BCUT2D eigenvalue weighted by molar-refractivity contribution is -0.384. The Kier molecular flexibility index (Phi) is 3.93. The van der Waals surface area contributed by atoms with Crippen LogP contribution in [0, 0.1) is 39.7 Å². The molecule has 4 aliphatic rings. The van der Waals surface area contributed by atoms with Crippen molar-refractivity contribution in [1.29, 1.82) is 0 Å². The van der Waals surface area contributed by atoms with Gasteiger partial charge in [0.25, 0.3) is 5.69 Å². The molecule has 2 aliphatic heterocycles. The summed E-state index contributed by atoms with van der Waals surface area (Å²) in [6.07, 6.45) is 0.490. The first-order valence-corrected chi connectivity index (χ1v) is 10.5. The monoisotopic (exact) mass is 433 g/mol. The molecule has 2 heterocycles. The number of imide groups is 1. The molecule has 1 saturated heterocycles. The number of carbonyl (C=O) groups is 2. The SMILES string of the molecule is COc1ccc(N2C(=O)[C@@H]3[C@@H]4C[C@H]([C@H]5ON=C(c6ccc([N+](=O)[O-])cc6)[C@H]45)[C@@H]3C2=O)cc1. The van der Waals surface area contributed by atoms with Gasteiger partial charge in [0.1, 0.15) is 11.9 Å². The predicted octanol–water partition coefficient (Wildman–Crippen LogP) is 2.78. The Labute approximate surface area is 182 Å². The Morgan fingerprint density at radius 2 is 1.66 bits per heavy atom. The molecular formula is C23H19N3O6. The number of nitrogens with zero attached hydrogens (tertiary/aromatic N) is 3. The first-order valence-electron chi connectivity index (χ1n) is 10.5. The Bertz CT molecular complexity index is 1180. The van der Waals surface area contributed by atoms with Gasteiger partial charge in [-0.15, -0.1) is 0 Å². The first-order chi connectivity index (χ1) is 15.5. The normalized spacial score (nSPS) is 31.9. The van der Waals surface area contributed by atoms with Crippen LogP contribution in [0.1, 0.15) is 12.0 Å². The van der Waals surface area contributed by atoms with E-state index < -0.39 is 16.8 Å². The van der Waals surface area contributed by atoms with Crippen LogP contribution in [-0.2, 0) is 14.4 Å². The predicted molar refractivity (Wildman–Crippen MR) is 112 cm³/mol. The fraction of sp³-hybridized carbons (Fsp3) is 0.348. The lowest BCUT2D eigenvalue weighted by atomic mass is 9.71. The van der Waals surface area contributed by atoms with Crippen LogP contribution in [0.25, 0.3) is 0 Å². The average molecular weight is 433 g/mol. The fourth-order valence-electron chi connectivity index (χ4n) is 6.10. The van der Waals surface area contributed by atoms with Crippen LogP contribution < -0.4 is 9.64 Å². The zero-order chi connectivity index (χ0) is 22.1. The summed E-state index contributed by atoms with van der Waals surface area (Å²) < 4.78 is 5.17. The van der Waals surface area contributed by atoms with E-state index in [0.717, 1.165) is 12.0 Å². The first kappa shape index (κ1) is 19.0. The van der Waals surface area contributed by atoms with Gasteiger partial charge >= 0.3 is 0 Å². The van der Waals surface area contributed by atoms with E-state index in [1.165, 1.54) is 17.0 Å². The molecule has 162 valence electrons. The molecule has 0 spiro atoms. The second-order valence-corrected chi connectivity index (χ2v) is 8.70. The van der Waals surface area contributed by atoms with Crippen molar-refractivity contribution in [3.63, 3.8) is 0 Å². The minimum Gasteiger partial charge on any atom is -0.497 e. The van der Waals surface area contributed by atoms with E-state index >= 15 is 0 Å². The van der Waals surface area contributed by atoms with Crippen molar-refractivity contribution in [1.82, 2.24) is 0 Å². The van der Waals surface area contributed by atoms with Gasteiger partial charge in [-0.3, -0.25) is 24.6 Å². The Morgan fingerprint density at radius 3 is 2.28 bits per heavy atom. The van der Waals surface area contributed by atoms with Crippen molar-refractivity contribution >= 4 is 28.9 Å². The molecule has 2 aliphatic carbocycles. The molecule has 6 rings (SSSR count). The van der Waals surface area contributed by atoms with Crippen LogP contribution in [0.15, 0.2) is 53.7 Å². The fourth-order valence-corrected chi connectivity index (χ4v) is 6.10. The number of oxime groups is 1. The van der Waals surface area contributed by atoms with Gasteiger partial charge in [-0.2, -0.15) is 0 Å². The van der Waals surface area contributed by atoms with Crippen molar-refractivity contribution in [2.45, 2.75) is 12.5 Å². The molecule has 3 fully saturated rings. The number of methoxy groups -OCH3 is 1. The molecule has 2 saturated carbocycles. The Balaban J connectivity index is 1.30. The van der Waals surface area contributed by atoms with Crippen molar-refractivity contribution in [3.05, 3.63) is 64.2 Å². The van der Waals surface area contributed by atoms with Gasteiger partial charge in [0.15, 0.2) is 0 Å². The number of hydrogen-bond donors (Lipinski definition) is 0. The summed E-state index contributed by atoms with van der Waals surface area (Å²) in [6, 6.07) is 13.1. The highest BCUT2D eigenvalue weighted by Crippen LogP contribution is 2.62. The number of fused-ring (bicyclic) bond motifs is 8. The van der Waals surface area contributed by atoms with Gasteiger partial charge in [0, 0.05) is 29.5 Å². The van der Waals surface area contributed by atoms with E-state index in [-0.39, 0.29) is 41.4 Å². The van der Waals surface area contributed by atoms with Gasteiger partial charge in [-0.25, -0.2) is 0 Å². The lowest BCUT2D eigenvalue weighted by Crippen LogP contribution is -2.41. The molecule has 2 amide bonds. The second-order valence-electron chi connectivity index (χ2n) is 8.70. The van der Waals surface area contributed by atoms with Gasteiger partial charge in [-0.05, 0) is 48.7 Å². The van der Waals surface area contributed by atoms with Crippen molar-refractivity contribution in [2.24, 2.45) is 34.7 Å². The zero-order valence-corrected chi connectivity index (χ0v) is 17.1. The zero-order valence-electron chi connectivity index (χ0n) is 17.1. The van der Waals surface area contributed by atoms with E-state index in [4.69, 9.17) is 9.57 Å². The number of non-ortho nitro benzene ring substituents is 1. The van der Waals surface area contributed by atoms with Gasteiger partial charge < -0.3 is 9.57 Å². The number of anilines is 1. The van der Waals surface area contributed by atoms with E-state index in [2.05, 4.69) is 5.16 Å². The lowest BCUT2D eigenvalue weighted by Gasteiger charge is -2.29. The summed E-state index contributed by atoms with van der Waals surface area (Å²) >= 11 is 0. The van der Waals surface area contributed by atoms with Crippen LogP contribution in [0.5, 0.6) is 5.75 Å². The molecule has 32 heavy (non-hydrogen) atoms. The number of benzene rings is 2. The molecule has 2 aromatic rings. The number of carbonyl (C=O) groups excluding carboxylic acids is 2. The quantitative estimate of drug-likeness (QED) is 0.416. The van der Waals surface area contributed by atoms with E-state index in [1.807, 2.05) is 0 Å². The summed E-state index contributed by atoms with van der Waals surface area (Å²) in [4.78, 5) is 44.3. The Morgan fingerprint density at radius 1 is 1.00 bits per heavy atom. The molecule has 0 radical (unpaired) electrons. The van der Waals surface area contributed by atoms with Crippen LogP contribution in [0.2, 0.25) is 0 Å². The summed E-state index contributed by atoms with van der Waals surface area (Å²) in [5.41, 5.74) is 2.00. The average Bonchev–Trinajstić information content (AvgIpc) is 3.54. The van der Waals surface area contributed by atoms with Crippen LogP contribution >= 0.6 is 0 Å². The van der Waals surface area contributed by atoms with Crippen LogP contribution in [0.3, 0.4) is 0 Å². The highest BCUT2D eigenvalue weighted by Gasteiger charge is 2.70. The molecule has 0 unspecified atom stereocenters. The van der Waals surface area contributed by atoms with Crippen molar-refractivity contribution < 1.29 is 24.1 Å². The summed E-state index contributed by atoms with van der Waals surface area (Å²) in [5, 5.41) is 15.2. The highest BCUT2D eigenvalue weighted by atomic mass is 16.6. The van der Waals surface area contributed by atoms with Crippen LogP contribution in [0.4, 0.5) is 11.4 Å². The number of rotatable bonds is 4. The smallest absolute Gasteiger partial charge is 0.269 e. The number of nitro groups is 1. The van der Waals surface area contributed by atoms with E-state index in [0.29, 0.717) is 17.1 Å². The number of ether oxygens (including phenoxy) is 1. The largest absolute Gasteiger partial charge is 0.497 e. The summed E-state index contributed by atoms with van der Waals surface area (Å²) in [6.45, 7) is 0. The van der Waals surface area contributed by atoms with Crippen molar-refractivity contribution in [2.75, 3.05) is 12.0 Å². The molecule has 0 aromatic heterocycles. The molecule has 2 aromatic carbocycles. The third kappa shape index (κ3) is 2.41. The number of hydrogen-bond acceptors (Lipinski definition) is 7. The van der Waals surface area contributed by atoms with Gasteiger partial charge in [-0.1, -0.05) is 5.16 Å². The third-order valence-corrected chi connectivity index (χ3v) is 7.40. The maximum absolute atomic E-state index is 13.4. The van der Waals surface area contributed by atoms with Crippen LogP contribution in [-0.4, -0.2) is 35.7 Å². The van der Waals surface area contributed by atoms with Crippen molar-refractivity contribution in [3.8, 4) is 5.75 Å². The molecular weight excluding hydrogens is 414 g/mol. The third-order valence-electron chi connectivity index (χ3n) is 7.40. The molecule has 9 heteroatoms. The maximum atomic E-state index is 13.4. The molecule has 6 atom stereocenters. The molecule has 0 N–H and O–H groups in total. The summed E-state index contributed by atoms with van der Waals surface area (Å²) in [7, 11) is 1.56. The summed E-state index contributed by atoms with van der Waals surface area (Å²) in [5.74, 6) is -0.729. The van der Waals surface area contributed by atoms with Gasteiger partial charge in [0.2, 0.25) is 11.8 Å². The Hall–Kier alpha value is -3.75. The molecule has 9 nitrogen and oxygen atoms in total. The maximum Gasteiger partial charge on any atom is 0.269 e. The second kappa shape index (κ2) is 6.62. The topological polar surface area (TPSA) is 111 Å². The molecule has 2 bridgehead atoms. The minimum atomic E-state index is -0.446. The van der Waals surface area contributed by atoms with Gasteiger partial charge in [0.05, 0.1) is 35.3 Å². The minimum absolute atomic E-state index is 0.00419. The van der Waals surface area contributed by atoms with E-state index in [1.54, 1.807) is 43.5 Å². The standard InChI is InChI=1S/C23H19N3O6/c1-31-14-8-6-12(7-9-14)25-22(27)17-15-10-16(18(17)23(25)28)21-19(15)20(24-32-21)11-2-4-13(5-3-11)26(29)30/h2-9,15-19,21H,10H2,1H3/t15-,16-,17+,18-,19-,21+/m0/s1. The number of amides is 2. The highest BCUT2D eigenvalue weighted by molar-refractivity contribution is 6.23. The number of nitro benzene ring substituents is 1.